The molecule has 0 aliphatic carbocycles. The van der Waals surface area contributed by atoms with Crippen LogP contribution in [0.25, 0.3) is 0 Å². The van der Waals surface area contributed by atoms with Crippen LogP contribution in [-0.2, 0) is 0 Å². The van der Waals surface area contributed by atoms with E-state index in [4.69, 9.17) is 11.6 Å². The molecule has 0 bridgehead atoms. The first kappa shape index (κ1) is 13.7. The Labute approximate surface area is 117 Å². The van der Waals surface area contributed by atoms with Crippen molar-refractivity contribution in [1.29, 1.82) is 0 Å². The van der Waals surface area contributed by atoms with Gasteiger partial charge in [-0.05, 0) is 31.2 Å². The summed E-state index contributed by atoms with van der Waals surface area (Å²) < 4.78 is 0. The quantitative estimate of drug-likeness (QED) is 0.721. The largest absolute Gasteiger partial charge is 0.355 e. The first-order chi connectivity index (χ1) is 9.15. The van der Waals surface area contributed by atoms with Crippen LogP contribution in [-0.4, -0.2) is 37.5 Å². The average molecular weight is 281 g/mol. The number of nitrogens with one attached hydrogen (secondary N) is 3. The Morgan fingerprint density at radius 1 is 1.42 bits per heavy atom. The van der Waals surface area contributed by atoms with E-state index in [1.807, 2.05) is 0 Å². The first-order valence-electron chi connectivity index (χ1n) is 6.24. The second kappa shape index (κ2) is 6.43. The predicted molar refractivity (Wildman–Crippen MR) is 76.7 cm³/mol. The number of amides is 1. The number of halogens is 1. The molecule has 3 N–H and O–H groups in total. The van der Waals surface area contributed by atoms with Crippen molar-refractivity contribution in [2.45, 2.75) is 13.0 Å². The maximum atomic E-state index is 11.8. The van der Waals surface area contributed by atoms with Gasteiger partial charge in [-0.1, -0.05) is 11.6 Å². The standard InChI is InChI=1S/C13H17ClN4O/c1-9-8-17-13(18-9)16-7-6-15-12(19)10-2-4-11(14)5-3-10/h2-5,9H,6-8H2,1H3,(H,15,19)(H2,16,17,18). The fraction of sp³-hybridized carbons (Fsp3) is 0.385. The predicted octanol–water partition coefficient (Wildman–Crippen LogP) is 1.01. The third-order valence-electron chi connectivity index (χ3n) is 2.72. The molecule has 0 saturated heterocycles. The fourth-order valence-electron chi connectivity index (χ4n) is 1.72. The van der Waals surface area contributed by atoms with Crippen LogP contribution in [0, 0.1) is 0 Å². The molecule has 1 aromatic carbocycles. The molecule has 6 heteroatoms. The summed E-state index contributed by atoms with van der Waals surface area (Å²) in [5, 5.41) is 9.77. The van der Waals surface area contributed by atoms with E-state index in [-0.39, 0.29) is 5.91 Å². The summed E-state index contributed by atoms with van der Waals surface area (Å²) in [6.45, 7) is 4.04. The number of nitrogens with zero attached hydrogens (tertiary/aromatic N) is 1. The number of rotatable bonds is 4. The van der Waals surface area contributed by atoms with E-state index in [9.17, 15) is 4.79 Å². The summed E-state index contributed by atoms with van der Waals surface area (Å²) in [5.74, 6) is 0.696. The zero-order valence-corrected chi connectivity index (χ0v) is 11.5. The highest BCUT2D eigenvalue weighted by Crippen LogP contribution is 2.09. The average Bonchev–Trinajstić information content (AvgIpc) is 2.81. The van der Waals surface area contributed by atoms with Crippen LogP contribution >= 0.6 is 11.6 Å². The smallest absolute Gasteiger partial charge is 0.251 e. The molecule has 2 rings (SSSR count). The van der Waals surface area contributed by atoms with E-state index in [0.717, 1.165) is 12.5 Å². The maximum absolute atomic E-state index is 11.8. The van der Waals surface area contributed by atoms with E-state index in [0.29, 0.717) is 29.7 Å². The molecule has 0 saturated carbocycles. The molecule has 1 amide bonds. The highest BCUT2D eigenvalue weighted by atomic mass is 35.5. The molecule has 0 spiro atoms. The molecule has 1 atom stereocenters. The molecule has 0 fully saturated rings. The van der Waals surface area contributed by atoms with Gasteiger partial charge in [0, 0.05) is 29.7 Å². The van der Waals surface area contributed by atoms with E-state index < -0.39 is 0 Å². The third-order valence-corrected chi connectivity index (χ3v) is 2.97. The first-order valence-corrected chi connectivity index (χ1v) is 6.61. The van der Waals surface area contributed by atoms with Crippen molar-refractivity contribution < 1.29 is 4.79 Å². The highest BCUT2D eigenvalue weighted by Gasteiger charge is 2.11. The molecule has 102 valence electrons. The van der Waals surface area contributed by atoms with Crippen LogP contribution in [0.4, 0.5) is 0 Å². The Morgan fingerprint density at radius 2 is 2.16 bits per heavy atom. The van der Waals surface area contributed by atoms with Crippen LogP contribution in [0.15, 0.2) is 29.3 Å². The molecule has 19 heavy (non-hydrogen) atoms. The molecule has 0 radical (unpaired) electrons. The molecule has 1 aromatic rings. The van der Waals surface area contributed by atoms with Gasteiger partial charge in [0.2, 0.25) is 0 Å². The Hall–Kier alpha value is -1.75. The lowest BCUT2D eigenvalue weighted by Crippen LogP contribution is -2.41. The monoisotopic (exact) mass is 280 g/mol. The van der Waals surface area contributed by atoms with Crippen LogP contribution in [0.2, 0.25) is 5.02 Å². The Kier molecular flexibility index (Phi) is 4.63. The van der Waals surface area contributed by atoms with Gasteiger partial charge in [-0.25, -0.2) is 0 Å². The van der Waals surface area contributed by atoms with Crippen molar-refractivity contribution in [3.63, 3.8) is 0 Å². The number of carbonyl (C=O) groups is 1. The lowest BCUT2D eigenvalue weighted by Gasteiger charge is -2.09. The second-order valence-corrected chi connectivity index (χ2v) is 4.86. The molecule has 0 aromatic heterocycles. The maximum Gasteiger partial charge on any atom is 0.251 e. The van der Waals surface area contributed by atoms with Gasteiger partial charge in [0.1, 0.15) is 0 Å². The lowest BCUT2D eigenvalue weighted by molar-refractivity contribution is 0.0954. The number of benzene rings is 1. The van der Waals surface area contributed by atoms with Gasteiger partial charge in [0.25, 0.3) is 5.91 Å². The fourth-order valence-corrected chi connectivity index (χ4v) is 1.85. The van der Waals surface area contributed by atoms with Gasteiger partial charge in [-0.3, -0.25) is 9.79 Å². The SMILES string of the molecule is CC1CN=C(NCCNC(=O)c2ccc(Cl)cc2)N1. The van der Waals surface area contributed by atoms with Gasteiger partial charge < -0.3 is 16.0 Å². The van der Waals surface area contributed by atoms with Crippen LogP contribution in [0.5, 0.6) is 0 Å². The number of carbonyl (C=O) groups excluding carboxylic acids is 1. The topological polar surface area (TPSA) is 65.5 Å². The molecule has 5 nitrogen and oxygen atoms in total. The van der Waals surface area contributed by atoms with E-state index >= 15 is 0 Å². The van der Waals surface area contributed by atoms with Crippen LogP contribution in [0.1, 0.15) is 17.3 Å². The van der Waals surface area contributed by atoms with Crippen LogP contribution in [0.3, 0.4) is 0 Å². The molecular formula is C13H17ClN4O. The zero-order chi connectivity index (χ0) is 13.7. The summed E-state index contributed by atoms with van der Waals surface area (Å²) in [5.41, 5.74) is 0.606. The molecule has 1 heterocycles. The Morgan fingerprint density at radius 3 is 2.79 bits per heavy atom. The lowest BCUT2D eigenvalue weighted by atomic mass is 10.2. The van der Waals surface area contributed by atoms with Crippen molar-refractivity contribution in [3.05, 3.63) is 34.9 Å². The van der Waals surface area contributed by atoms with Crippen LogP contribution < -0.4 is 16.0 Å². The van der Waals surface area contributed by atoms with Gasteiger partial charge in [0.15, 0.2) is 5.96 Å². The van der Waals surface area contributed by atoms with Gasteiger partial charge in [0.05, 0.1) is 6.54 Å². The minimum atomic E-state index is -0.104. The van der Waals surface area contributed by atoms with E-state index in [1.54, 1.807) is 24.3 Å². The number of hydrogen-bond acceptors (Lipinski definition) is 4. The van der Waals surface area contributed by atoms with Crippen molar-refractivity contribution in [2.24, 2.45) is 4.99 Å². The van der Waals surface area contributed by atoms with Crippen molar-refractivity contribution in [3.8, 4) is 0 Å². The third kappa shape index (κ3) is 4.13. The Balaban J connectivity index is 1.68. The summed E-state index contributed by atoms with van der Waals surface area (Å²) >= 11 is 5.77. The van der Waals surface area contributed by atoms with Crippen molar-refractivity contribution >= 4 is 23.5 Å². The van der Waals surface area contributed by atoms with Gasteiger partial charge >= 0.3 is 0 Å². The molecular weight excluding hydrogens is 264 g/mol. The van der Waals surface area contributed by atoms with Crippen molar-refractivity contribution in [1.82, 2.24) is 16.0 Å². The normalized spacial score (nSPS) is 17.6. The van der Waals surface area contributed by atoms with Crippen molar-refractivity contribution in [2.75, 3.05) is 19.6 Å². The molecule has 1 aliphatic rings. The summed E-state index contributed by atoms with van der Waals surface area (Å²) in [6.07, 6.45) is 0. The second-order valence-electron chi connectivity index (χ2n) is 4.42. The van der Waals surface area contributed by atoms with Gasteiger partial charge in [-0.15, -0.1) is 0 Å². The van der Waals surface area contributed by atoms with E-state index in [1.165, 1.54) is 0 Å². The summed E-state index contributed by atoms with van der Waals surface area (Å²) in [7, 11) is 0. The van der Waals surface area contributed by atoms with E-state index in [2.05, 4.69) is 27.9 Å². The zero-order valence-electron chi connectivity index (χ0n) is 10.7. The Bertz CT molecular complexity index is 472. The van der Waals surface area contributed by atoms with Gasteiger partial charge in [-0.2, -0.15) is 0 Å². The minimum Gasteiger partial charge on any atom is -0.355 e. The molecule has 1 unspecified atom stereocenters. The number of aliphatic imine (C=N–C) groups is 1. The minimum absolute atomic E-state index is 0.104. The number of hydrogen-bond donors (Lipinski definition) is 3. The summed E-state index contributed by atoms with van der Waals surface area (Å²) in [4.78, 5) is 16.0. The summed E-state index contributed by atoms with van der Waals surface area (Å²) in [6, 6.07) is 7.19. The number of guanidine groups is 1. The molecule has 1 aliphatic heterocycles. The highest BCUT2D eigenvalue weighted by molar-refractivity contribution is 6.30.